The molecule has 3 rings (SSSR count). The smallest absolute Gasteiger partial charge is 0.246 e. The fourth-order valence-electron chi connectivity index (χ4n) is 2.26. The summed E-state index contributed by atoms with van der Waals surface area (Å²) in [7, 11) is 1.79. The molecule has 21 heavy (non-hydrogen) atoms. The van der Waals surface area contributed by atoms with Gasteiger partial charge >= 0.3 is 0 Å². The van der Waals surface area contributed by atoms with E-state index in [4.69, 9.17) is 0 Å². The number of amides is 1. The summed E-state index contributed by atoms with van der Waals surface area (Å²) < 4.78 is 0. The zero-order valence-electron chi connectivity index (χ0n) is 11.5. The molecule has 0 saturated carbocycles. The lowest BCUT2D eigenvalue weighted by molar-refractivity contribution is -0.118. The molecule has 5 heteroatoms. The van der Waals surface area contributed by atoms with Crippen molar-refractivity contribution in [3.05, 3.63) is 59.0 Å². The van der Waals surface area contributed by atoms with Crippen LogP contribution in [0.5, 0.6) is 0 Å². The molecular formula is C16H15N3OS. The van der Waals surface area contributed by atoms with E-state index in [1.807, 2.05) is 47.3 Å². The molecule has 2 N–H and O–H groups in total. The van der Waals surface area contributed by atoms with Crippen LogP contribution in [-0.2, 0) is 4.79 Å². The molecule has 1 amide bonds. The van der Waals surface area contributed by atoms with Crippen molar-refractivity contribution in [2.24, 2.45) is 0 Å². The van der Waals surface area contributed by atoms with Crippen LogP contribution in [-0.4, -0.2) is 17.9 Å². The Labute approximate surface area is 126 Å². The number of hydrogen-bond acceptors (Lipinski definition) is 4. The van der Waals surface area contributed by atoms with Crippen LogP contribution in [0, 0.1) is 0 Å². The van der Waals surface area contributed by atoms with Gasteiger partial charge in [-0.25, -0.2) is 0 Å². The highest BCUT2D eigenvalue weighted by molar-refractivity contribution is 7.08. The Kier molecular flexibility index (Phi) is 3.94. The molecule has 3 aromatic rings. The van der Waals surface area contributed by atoms with Crippen molar-refractivity contribution in [2.75, 3.05) is 12.4 Å². The number of nitrogens with one attached hydrogen (secondary N) is 2. The number of fused-ring (bicyclic) bond motifs is 1. The molecule has 0 aliphatic heterocycles. The van der Waals surface area contributed by atoms with E-state index < -0.39 is 0 Å². The molecule has 1 aromatic carbocycles. The molecular weight excluding hydrogens is 282 g/mol. The fraction of sp³-hybridized carbons (Fsp3) is 0.125. The van der Waals surface area contributed by atoms with E-state index in [0.717, 1.165) is 22.0 Å². The minimum Gasteiger partial charge on any atom is -0.324 e. The molecule has 2 heterocycles. The van der Waals surface area contributed by atoms with E-state index in [1.165, 1.54) is 0 Å². The summed E-state index contributed by atoms with van der Waals surface area (Å²) in [5, 5.41) is 12.1. The molecule has 0 unspecified atom stereocenters. The van der Waals surface area contributed by atoms with Gasteiger partial charge in [-0.3, -0.25) is 9.78 Å². The monoisotopic (exact) mass is 297 g/mol. The van der Waals surface area contributed by atoms with Crippen LogP contribution < -0.4 is 10.6 Å². The molecule has 0 aliphatic rings. The number of thiophene rings is 1. The van der Waals surface area contributed by atoms with Crippen molar-refractivity contribution < 1.29 is 4.79 Å². The Hall–Kier alpha value is -2.24. The number of likely N-dealkylation sites (N-methyl/N-ethyl adjacent to an activating group) is 1. The quantitative estimate of drug-likeness (QED) is 0.777. The number of carbonyl (C=O) groups is 1. The third kappa shape index (κ3) is 2.94. The van der Waals surface area contributed by atoms with Crippen molar-refractivity contribution >= 4 is 33.7 Å². The number of benzene rings is 1. The Morgan fingerprint density at radius 1 is 1.24 bits per heavy atom. The summed E-state index contributed by atoms with van der Waals surface area (Å²) in [5.41, 5.74) is 1.76. The van der Waals surface area contributed by atoms with E-state index in [0.29, 0.717) is 0 Å². The largest absolute Gasteiger partial charge is 0.324 e. The number of rotatable bonds is 4. The lowest BCUT2D eigenvalue weighted by atomic mass is 10.1. The van der Waals surface area contributed by atoms with Crippen molar-refractivity contribution in [2.45, 2.75) is 6.04 Å². The van der Waals surface area contributed by atoms with Crippen LogP contribution >= 0.6 is 11.3 Å². The average Bonchev–Trinajstić information content (AvgIpc) is 3.02. The molecule has 0 fully saturated rings. The predicted molar refractivity (Wildman–Crippen MR) is 86.5 cm³/mol. The minimum absolute atomic E-state index is 0.0655. The molecule has 0 radical (unpaired) electrons. The molecule has 0 spiro atoms. The highest BCUT2D eigenvalue weighted by Gasteiger charge is 2.18. The second-order valence-corrected chi connectivity index (χ2v) is 5.49. The van der Waals surface area contributed by atoms with Crippen molar-refractivity contribution in [1.82, 2.24) is 10.3 Å². The van der Waals surface area contributed by atoms with Crippen LogP contribution in [0.3, 0.4) is 0 Å². The Morgan fingerprint density at radius 3 is 2.90 bits per heavy atom. The van der Waals surface area contributed by atoms with Crippen LogP contribution in [0.1, 0.15) is 11.6 Å². The molecule has 2 aromatic heterocycles. The first-order valence-corrected chi connectivity index (χ1v) is 7.56. The lowest BCUT2D eigenvalue weighted by Gasteiger charge is -2.15. The molecule has 0 saturated heterocycles. The van der Waals surface area contributed by atoms with Crippen LogP contribution in [0.4, 0.5) is 5.69 Å². The first-order valence-electron chi connectivity index (χ1n) is 6.62. The van der Waals surface area contributed by atoms with Gasteiger partial charge in [-0.2, -0.15) is 11.3 Å². The van der Waals surface area contributed by atoms with E-state index in [2.05, 4.69) is 15.6 Å². The van der Waals surface area contributed by atoms with Gasteiger partial charge in [-0.05, 0) is 53.0 Å². The molecule has 1 atom stereocenters. The van der Waals surface area contributed by atoms with Gasteiger partial charge in [0, 0.05) is 23.5 Å². The Balaban J connectivity index is 1.82. The summed E-state index contributed by atoms with van der Waals surface area (Å²) in [6.45, 7) is 0. The number of hydrogen-bond donors (Lipinski definition) is 2. The zero-order valence-corrected chi connectivity index (χ0v) is 12.4. The maximum atomic E-state index is 12.4. The standard InChI is InChI=1S/C16H15N3OS/c1-17-15(13-5-7-21-10-13)16(20)19-14-3-2-12-9-18-6-4-11(12)8-14/h2-10,15,17H,1H3,(H,19,20)/t15-/m1/s1. The highest BCUT2D eigenvalue weighted by atomic mass is 32.1. The fourth-order valence-corrected chi connectivity index (χ4v) is 2.95. The summed E-state index contributed by atoms with van der Waals surface area (Å²) in [6.07, 6.45) is 3.55. The minimum atomic E-state index is -0.343. The van der Waals surface area contributed by atoms with Gasteiger partial charge < -0.3 is 10.6 Å². The maximum Gasteiger partial charge on any atom is 0.246 e. The Morgan fingerprint density at radius 2 is 2.14 bits per heavy atom. The Bertz CT molecular complexity index is 755. The molecule has 0 bridgehead atoms. The first kappa shape index (κ1) is 13.7. The number of aromatic nitrogens is 1. The SMILES string of the molecule is CN[C@@H](C(=O)Nc1ccc2cnccc2c1)c1ccsc1. The van der Waals surface area contributed by atoms with E-state index in [1.54, 1.807) is 24.6 Å². The van der Waals surface area contributed by atoms with Gasteiger partial charge in [-0.1, -0.05) is 6.07 Å². The molecule has 106 valence electrons. The van der Waals surface area contributed by atoms with Crippen LogP contribution in [0.15, 0.2) is 53.5 Å². The topological polar surface area (TPSA) is 54.0 Å². The maximum absolute atomic E-state index is 12.4. The zero-order chi connectivity index (χ0) is 14.7. The average molecular weight is 297 g/mol. The third-order valence-corrected chi connectivity index (χ3v) is 4.04. The lowest BCUT2D eigenvalue weighted by Crippen LogP contribution is -2.30. The number of nitrogens with zero attached hydrogens (tertiary/aromatic N) is 1. The van der Waals surface area contributed by atoms with Gasteiger partial charge in [0.2, 0.25) is 5.91 Å². The third-order valence-electron chi connectivity index (χ3n) is 3.34. The summed E-state index contributed by atoms with van der Waals surface area (Å²) in [6, 6.07) is 9.34. The number of carbonyl (C=O) groups excluding carboxylic acids is 1. The summed E-state index contributed by atoms with van der Waals surface area (Å²) >= 11 is 1.58. The van der Waals surface area contributed by atoms with E-state index >= 15 is 0 Å². The van der Waals surface area contributed by atoms with Gasteiger partial charge in [0.15, 0.2) is 0 Å². The number of anilines is 1. The normalized spacial score (nSPS) is 12.2. The highest BCUT2D eigenvalue weighted by Crippen LogP contribution is 2.21. The van der Waals surface area contributed by atoms with Crippen molar-refractivity contribution in [3.63, 3.8) is 0 Å². The first-order chi connectivity index (χ1) is 10.3. The van der Waals surface area contributed by atoms with Gasteiger partial charge in [0.1, 0.15) is 6.04 Å². The van der Waals surface area contributed by atoms with E-state index in [9.17, 15) is 4.79 Å². The second-order valence-electron chi connectivity index (χ2n) is 4.71. The second kappa shape index (κ2) is 6.03. The summed E-state index contributed by atoms with van der Waals surface area (Å²) in [4.78, 5) is 16.5. The molecule has 4 nitrogen and oxygen atoms in total. The van der Waals surface area contributed by atoms with Gasteiger partial charge in [0.05, 0.1) is 0 Å². The van der Waals surface area contributed by atoms with E-state index in [-0.39, 0.29) is 11.9 Å². The predicted octanol–water partition coefficient (Wildman–Crippen LogP) is 3.20. The van der Waals surface area contributed by atoms with Crippen molar-refractivity contribution in [3.8, 4) is 0 Å². The van der Waals surface area contributed by atoms with Crippen LogP contribution in [0.2, 0.25) is 0 Å². The van der Waals surface area contributed by atoms with Crippen molar-refractivity contribution in [1.29, 1.82) is 0 Å². The summed E-state index contributed by atoms with van der Waals surface area (Å²) in [5.74, 6) is -0.0655. The van der Waals surface area contributed by atoms with Gasteiger partial charge in [0.25, 0.3) is 0 Å². The van der Waals surface area contributed by atoms with Gasteiger partial charge in [-0.15, -0.1) is 0 Å². The number of pyridine rings is 1. The molecule has 0 aliphatic carbocycles. The van der Waals surface area contributed by atoms with Crippen LogP contribution in [0.25, 0.3) is 10.8 Å².